The topological polar surface area (TPSA) is 93.5 Å². The van der Waals surface area contributed by atoms with Gasteiger partial charge < -0.3 is 14.6 Å². The van der Waals surface area contributed by atoms with Gasteiger partial charge in [0, 0.05) is 17.7 Å². The number of ether oxygens (including phenoxy) is 2. The van der Waals surface area contributed by atoms with Crippen LogP contribution in [0.25, 0.3) is 0 Å². The molecule has 21 heavy (non-hydrogen) atoms. The summed E-state index contributed by atoms with van der Waals surface area (Å²) < 4.78 is 12.8. The average molecular weight is 296 g/mol. The molecule has 0 bridgehead atoms. The van der Waals surface area contributed by atoms with E-state index in [1.807, 2.05) is 13.8 Å². The minimum absolute atomic E-state index is 0.283. The van der Waals surface area contributed by atoms with Crippen molar-refractivity contribution in [3.63, 3.8) is 0 Å². The molecule has 0 unspecified atom stereocenters. The van der Waals surface area contributed by atoms with E-state index < -0.39 is 23.1 Å². The maximum Gasteiger partial charge on any atom is 0.328 e. The van der Waals surface area contributed by atoms with E-state index >= 15 is 0 Å². The highest BCUT2D eigenvalue weighted by Crippen LogP contribution is 2.47. The third kappa shape index (κ3) is 2.68. The van der Waals surface area contributed by atoms with E-state index in [4.69, 9.17) is 9.47 Å². The Bertz CT molecular complexity index is 637. The number of H-pyrrole nitrogens is 1. The van der Waals surface area contributed by atoms with Crippen LogP contribution >= 0.6 is 0 Å². The molecule has 7 heteroatoms. The lowest BCUT2D eigenvalue weighted by molar-refractivity contribution is -0.285. The van der Waals surface area contributed by atoms with Crippen molar-refractivity contribution < 1.29 is 14.6 Å². The minimum Gasteiger partial charge on any atom is -0.391 e. The summed E-state index contributed by atoms with van der Waals surface area (Å²) in [5.41, 5.74) is -1.22. The second-order valence-electron chi connectivity index (χ2n) is 6.54. The predicted molar refractivity (Wildman–Crippen MR) is 74.0 cm³/mol. The average Bonchev–Trinajstić information content (AvgIpc) is 2.71. The van der Waals surface area contributed by atoms with Gasteiger partial charge in [-0.25, -0.2) is 4.79 Å². The van der Waals surface area contributed by atoms with Crippen molar-refractivity contribution in [1.29, 1.82) is 0 Å². The summed E-state index contributed by atoms with van der Waals surface area (Å²) in [6.07, 6.45) is 1.86. The van der Waals surface area contributed by atoms with Gasteiger partial charge in [-0.3, -0.25) is 14.3 Å². The number of aromatic amines is 1. The fraction of sp³-hybridized carbons (Fsp3) is 0.714. The zero-order valence-electron chi connectivity index (χ0n) is 12.2. The van der Waals surface area contributed by atoms with Crippen LogP contribution in [0.3, 0.4) is 0 Å². The molecular formula is C14H20N2O5. The fourth-order valence-corrected chi connectivity index (χ4v) is 3.19. The summed E-state index contributed by atoms with van der Waals surface area (Å²) in [7, 11) is 0. The molecule has 1 aliphatic heterocycles. The summed E-state index contributed by atoms with van der Waals surface area (Å²) in [6, 6.07) is 0.915. The Morgan fingerprint density at radius 3 is 2.57 bits per heavy atom. The van der Waals surface area contributed by atoms with Crippen LogP contribution in [0, 0.1) is 5.41 Å². The van der Waals surface area contributed by atoms with Gasteiger partial charge in [0.25, 0.3) is 5.56 Å². The second-order valence-corrected chi connectivity index (χ2v) is 6.54. The molecule has 2 fully saturated rings. The van der Waals surface area contributed by atoms with Crippen LogP contribution in [0.2, 0.25) is 0 Å². The number of aliphatic hydroxyl groups excluding tert-OH is 1. The van der Waals surface area contributed by atoms with Crippen LogP contribution in [0.15, 0.2) is 21.9 Å². The van der Waals surface area contributed by atoms with Gasteiger partial charge in [0.2, 0.25) is 0 Å². The summed E-state index contributed by atoms with van der Waals surface area (Å²) in [5.74, 6) is -0.608. The summed E-state index contributed by atoms with van der Waals surface area (Å²) >= 11 is 0. The molecule has 1 aliphatic carbocycles. The molecule has 0 amide bonds. The molecule has 1 aromatic heterocycles. The number of rotatable bonds is 1. The number of hydrogen-bond donors (Lipinski definition) is 2. The van der Waals surface area contributed by atoms with Crippen molar-refractivity contribution >= 4 is 0 Å². The predicted octanol–water partition coefficient (Wildman–Crippen LogP) is 0.00170. The smallest absolute Gasteiger partial charge is 0.328 e. The molecule has 0 radical (unpaired) electrons. The molecule has 1 saturated carbocycles. The Kier molecular flexibility index (Phi) is 3.31. The van der Waals surface area contributed by atoms with Crippen LogP contribution in [-0.2, 0) is 9.47 Å². The molecule has 2 heterocycles. The number of aromatic nitrogens is 2. The van der Waals surface area contributed by atoms with Crippen LogP contribution in [-0.4, -0.2) is 39.8 Å². The largest absolute Gasteiger partial charge is 0.391 e. The van der Waals surface area contributed by atoms with Crippen LogP contribution < -0.4 is 11.2 Å². The second kappa shape index (κ2) is 4.79. The van der Waals surface area contributed by atoms with Gasteiger partial charge in [0.1, 0.15) is 0 Å². The van der Waals surface area contributed by atoms with E-state index in [-0.39, 0.29) is 11.5 Å². The molecule has 0 aromatic carbocycles. The number of nitrogens with zero attached hydrogens (tertiary/aromatic N) is 1. The van der Waals surface area contributed by atoms with Crippen molar-refractivity contribution in [2.24, 2.45) is 5.41 Å². The molecule has 2 N–H and O–H groups in total. The summed E-state index contributed by atoms with van der Waals surface area (Å²) in [5, 5.41) is 10.3. The van der Waals surface area contributed by atoms with E-state index in [0.717, 1.165) is 0 Å². The Hall–Kier alpha value is -1.44. The first kappa shape index (κ1) is 14.5. The van der Waals surface area contributed by atoms with Crippen molar-refractivity contribution in [2.45, 2.75) is 44.6 Å². The Balaban J connectivity index is 1.84. The highest BCUT2D eigenvalue weighted by molar-refractivity contribution is 5.00. The standard InChI is InChI=1S/C14H20N2O5/c1-13(2)20-7-14(8-21-13)5-9(10(17)6-14)16-4-3-11(18)15-12(16)19/h3-4,9-10,17H,5-8H2,1-2H3,(H,15,18,19)/t9-,10-/m1/s1. The maximum atomic E-state index is 11.9. The monoisotopic (exact) mass is 296 g/mol. The summed E-state index contributed by atoms with van der Waals surface area (Å²) in [4.78, 5) is 25.2. The Morgan fingerprint density at radius 1 is 1.29 bits per heavy atom. The third-order valence-corrected chi connectivity index (χ3v) is 4.39. The fourth-order valence-electron chi connectivity index (χ4n) is 3.19. The Morgan fingerprint density at radius 2 is 1.95 bits per heavy atom. The van der Waals surface area contributed by atoms with E-state index in [1.165, 1.54) is 16.8 Å². The molecule has 2 atom stereocenters. The van der Waals surface area contributed by atoms with Gasteiger partial charge in [0.05, 0.1) is 25.4 Å². The molecule has 116 valence electrons. The molecule has 2 aliphatic rings. The van der Waals surface area contributed by atoms with E-state index in [0.29, 0.717) is 26.1 Å². The van der Waals surface area contributed by atoms with E-state index in [2.05, 4.69) is 4.98 Å². The SMILES string of the molecule is CC1(C)OCC2(CO1)C[C@@H](O)[C@H](n1ccc(=O)[nH]c1=O)C2. The number of nitrogens with one attached hydrogen (secondary N) is 1. The van der Waals surface area contributed by atoms with Gasteiger partial charge >= 0.3 is 5.69 Å². The Labute approximate surface area is 121 Å². The van der Waals surface area contributed by atoms with Crippen LogP contribution in [0.4, 0.5) is 0 Å². The van der Waals surface area contributed by atoms with Gasteiger partial charge in [-0.2, -0.15) is 0 Å². The minimum atomic E-state index is -0.665. The highest BCUT2D eigenvalue weighted by Gasteiger charge is 2.50. The first-order valence-electron chi connectivity index (χ1n) is 7.08. The molecule has 1 spiro atoms. The lowest BCUT2D eigenvalue weighted by Crippen LogP contribution is -2.45. The number of aliphatic hydroxyl groups is 1. The van der Waals surface area contributed by atoms with Gasteiger partial charge in [-0.1, -0.05) is 0 Å². The quantitative estimate of drug-likeness (QED) is 0.761. The number of hydrogen-bond acceptors (Lipinski definition) is 5. The zero-order chi connectivity index (χ0) is 15.3. The molecule has 1 aromatic rings. The van der Waals surface area contributed by atoms with Crippen LogP contribution in [0.1, 0.15) is 32.7 Å². The van der Waals surface area contributed by atoms with Crippen molar-refractivity contribution in [2.75, 3.05) is 13.2 Å². The first-order valence-corrected chi connectivity index (χ1v) is 7.08. The molecule has 1 saturated heterocycles. The van der Waals surface area contributed by atoms with Gasteiger partial charge in [0.15, 0.2) is 5.79 Å². The first-order chi connectivity index (χ1) is 9.80. The lowest BCUT2D eigenvalue weighted by atomic mass is 9.86. The van der Waals surface area contributed by atoms with E-state index in [1.54, 1.807) is 0 Å². The molecule has 7 nitrogen and oxygen atoms in total. The highest BCUT2D eigenvalue weighted by atomic mass is 16.7. The van der Waals surface area contributed by atoms with Crippen molar-refractivity contribution in [3.05, 3.63) is 33.1 Å². The van der Waals surface area contributed by atoms with Gasteiger partial charge in [-0.05, 0) is 26.7 Å². The van der Waals surface area contributed by atoms with Crippen LogP contribution in [0.5, 0.6) is 0 Å². The van der Waals surface area contributed by atoms with E-state index in [9.17, 15) is 14.7 Å². The van der Waals surface area contributed by atoms with Crippen molar-refractivity contribution in [3.8, 4) is 0 Å². The van der Waals surface area contributed by atoms with Gasteiger partial charge in [-0.15, -0.1) is 0 Å². The normalized spacial score (nSPS) is 30.6. The zero-order valence-corrected chi connectivity index (χ0v) is 12.2. The third-order valence-electron chi connectivity index (χ3n) is 4.39. The maximum absolute atomic E-state index is 11.9. The molecule has 3 rings (SSSR count). The summed E-state index contributed by atoms with van der Waals surface area (Å²) in [6.45, 7) is 4.70. The lowest BCUT2D eigenvalue weighted by Gasteiger charge is -2.41. The van der Waals surface area contributed by atoms with Crippen molar-refractivity contribution in [1.82, 2.24) is 9.55 Å². The molecular weight excluding hydrogens is 276 g/mol.